The van der Waals surface area contributed by atoms with Crippen LogP contribution in [0.1, 0.15) is 6.92 Å². The van der Waals surface area contributed by atoms with E-state index in [1.807, 2.05) is 6.92 Å². The molecule has 2 aliphatic rings. The molecule has 3 rings (SSSR count). The van der Waals surface area contributed by atoms with Crippen molar-refractivity contribution in [2.45, 2.75) is 6.92 Å². The van der Waals surface area contributed by atoms with Gasteiger partial charge in [0.1, 0.15) is 5.75 Å². The van der Waals surface area contributed by atoms with Crippen LogP contribution < -0.4 is 20.7 Å². The molecule has 0 aromatic heterocycles. The normalized spacial score (nSPS) is 18.9. The summed E-state index contributed by atoms with van der Waals surface area (Å²) in [6, 6.07) is 3.22. The predicted molar refractivity (Wildman–Crippen MR) is 79.7 cm³/mol. The van der Waals surface area contributed by atoms with Gasteiger partial charge in [0, 0.05) is 12.0 Å². The summed E-state index contributed by atoms with van der Waals surface area (Å²) >= 11 is 6.15. The van der Waals surface area contributed by atoms with Gasteiger partial charge >= 0.3 is 0 Å². The molecule has 7 heteroatoms. The molecule has 0 saturated carbocycles. The summed E-state index contributed by atoms with van der Waals surface area (Å²) in [4.78, 5) is 23.5. The molecule has 1 aromatic carbocycles. The Hall–Kier alpha value is -1.79. The summed E-state index contributed by atoms with van der Waals surface area (Å²) in [5.41, 5.74) is 1.01. The number of benzene rings is 1. The Kier molecular flexibility index (Phi) is 3.73. The zero-order valence-electron chi connectivity index (χ0n) is 11.5. The van der Waals surface area contributed by atoms with Gasteiger partial charge in [0.2, 0.25) is 5.91 Å². The Balaban J connectivity index is 1.76. The summed E-state index contributed by atoms with van der Waals surface area (Å²) < 4.78 is 5.32. The molecule has 0 radical (unpaired) electrons. The van der Waals surface area contributed by atoms with E-state index in [0.717, 1.165) is 13.1 Å². The van der Waals surface area contributed by atoms with Crippen LogP contribution in [0.15, 0.2) is 12.1 Å². The average molecular weight is 310 g/mol. The molecule has 0 spiro atoms. The molecule has 3 N–H and O–H groups in total. The zero-order chi connectivity index (χ0) is 15.0. The highest BCUT2D eigenvalue weighted by Crippen LogP contribution is 2.36. The average Bonchev–Trinajstić information content (AvgIpc) is 2.37. The predicted octanol–water partition coefficient (Wildman–Crippen LogP) is 1.46. The van der Waals surface area contributed by atoms with E-state index in [2.05, 4.69) is 16.0 Å². The highest BCUT2D eigenvalue weighted by atomic mass is 35.5. The Morgan fingerprint density at radius 3 is 2.90 bits per heavy atom. The van der Waals surface area contributed by atoms with Gasteiger partial charge in [-0.15, -0.1) is 0 Å². The third kappa shape index (κ3) is 2.82. The molecule has 2 amide bonds. The van der Waals surface area contributed by atoms with Crippen molar-refractivity contribution >= 4 is 34.8 Å². The first-order valence-corrected chi connectivity index (χ1v) is 7.20. The molecule has 1 fully saturated rings. The van der Waals surface area contributed by atoms with Gasteiger partial charge in [-0.1, -0.05) is 18.5 Å². The molecule has 2 aliphatic heterocycles. The number of fused-ring (bicyclic) bond motifs is 1. The number of amides is 2. The molecule has 0 bridgehead atoms. The molecular formula is C14H16ClN3O3. The van der Waals surface area contributed by atoms with E-state index in [1.54, 1.807) is 12.1 Å². The lowest BCUT2D eigenvalue weighted by Gasteiger charge is -2.31. The minimum absolute atomic E-state index is 0.0356. The fourth-order valence-corrected chi connectivity index (χ4v) is 2.53. The standard InChI is InChI=1S/C14H16ClN3O3/c1-7(8-4-16-5-8)14(20)18-10-3-12-11(2-9(10)15)17-13(19)6-21-12/h2-3,7-8,16H,4-6H2,1H3,(H,17,19)(H,18,20). The molecule has 6 nitrogen and oxygen atoms in total. The quantitative estimate of drug-likeness (QED) is 0.790. The SMILES string of the molecule is CC(C(=O)Nc1cc2c(cc1Cl)NC(=O)CO2)C1CNC1. The van der Waals surface area contributed by atoms with Gasteiger partial charge in [-0.05, 0) is 25.1 Å². The second-order valence-corrected chi connectivity index (χ2v) is 5.77. The largest absolute Gasteiger partial charge is 0.482 e. The van der Waals surface area contributed by atoms with Crippen LogP contribution in [-0.4, -0.2) is 31.5 Å². The van der Waals surface area contributed by atoms with E-state index in [9.17, 15) is 9.59 Å². The molecule has 1 saturated heterocycles. The third-order valence-corrected chi connectivity index (χ3v) is 4.21. The van der Waals surface area contributed by atoms with E-state index >= 15 is 0 Å². The zero-order valence-corrected chi connectivity index (χ0v) is 12.3. The fraction of sp³-hybridized carbons (Fsp3) is 0.429. The van der Waals surface area contributed by atoms with Crippen LogP contribution in [0.4, 0.5) is 11.4 Å². The first-order valence-electron chi connectivity index (χ1n) is 6.82. The Bertz CT molecular complexity index is 601. The number of hydrogen-bond acceptors (Lipinski definition) is 4. The van der Waals surface area contributed by atoms with Crippen molar-refractivity contribution in [3.05, 3.63) is 17.2 Å². The van der Waals surface area contributed by atoms with Gasteiger partial charge in [0.05, 0.1) is 16.4 Å². The third-order valence-electron chi connectivity index (χ3n) is 3.89. The lowest BCUT2D eigenvalue weighted by molar-refractivity contribution is -0.121. The summed E-state index contributed by atoms with van der Waals surface area (Å²) in [7, 11) is 0. The molecule has 21 heavy (non-hydrogen) atoms. The minimum Gasteiger partial charge on any atom is -0.482 e. The van der Waals surface area contributed by atoms with Crippen LogP contribution in [0.3, 0.4) is 0 Å². The first kappa shape index (κ1) is 14.2. The van der Waals surface area contributed by atoms with E-state index in [4.69, 9.17) is 16.3 Å². The number of anilines is 2. The second-order valence-electron chi connectivity index (χ2n) is 5.36. The smallest absolute Gasteiger partial charge is 0.262 e. The van der Waals surface area contributed by atoms with Gasteiger partial charge in [-0.2, -0.15) is 0 Å². The second kappa shape index (κ2) is 5.54. The van der Waals surface area contributed by atoms with Crippen LogP contribution in [0.25, 0.3) is 0 Å². The van der Waals surface area contributed by atoms with Gasteiger partial charge in [-0.3, -0.25) is 9.59 Å². The van der Waals surface area contributed by atoms with E-state index in [1.165, 1.54) is 0 Å². The number of carbonyl (C=O) groups is 2. The molecule has 112 valence electrons. The number of carbonyl (C=O) groups excluding carboxylic acids is 2. The summed E-state index contributed by atoms with van der Waals surface area (Å²) in [5, 5.41) is 9.02. The van der Waals surface area contributed by atoms with Gasteiger partial charge in [0.15, 0.2) is 6.61 Å². The minimum atomic E-state index is -0.221. The van der Waals surface area contributed by atoms with Crippen molar-refractivity contribution in [2.75, 3.05) is 30.3 Å². The van der Waals surface area contributed by atoms with E-state index in [-0.39, 0.29) is 24.3 Å². The van der Waals surface area contributed by atoms with Gasteiger partial charge in [-0.25, -0.2) is 0 Å². The number of hydrogen-bond donors (Lipinski definition) is 3. The highest BCUT2D eigenvalue weighted by molar-refractivity contribution is 6.34. The fourth-order valence-electron chi connectivity index (χ4n) is 2.32. The van der Waals surface area contributed by atoms with Crippen LogP contribution in [0, 0.1) is 11.8 Å². The molecule has 0 aliphatic carbocycles. The first-order chi connectivity index (χ1) is 10.0. The number of ether oxygens (including phenoxy) is 1. The van der Waals surface area contributed by atoms with Crippen molar-refractivity contribution in [3.8, 4) is 5.75 Å². The van der Waals surface area contributed by atoms with E-state index < -0.39 is 0 Å². The van der Waals surface area contributed by atoms with Crippen molar-refractivity contribution < 1.29 is 14.3 Å². The summed E-state index contributed by atoms with van der Waals surface area (Å²) in [6.07, 6.45) is 0. The number of nitrogens with one attached hydrogen (secondary N) is 3. The number of rotatable bonds is 3. The lowest BCUT2D eigenvalue weighted by atomic mass is 9.88. The molecular weight excluding hydrogens is 294 g/mol. The van der Waals surface area contributed by atoms with Gasteiger partial charge in [0.25, 0.3) is 5.91 Å². The maximum absolute atomic E-state index is 12.2. The van der Waals surface area contributed by atoms with Crippen molar-refractivity contribution in [1.82, 2.24) is 5.32 Å². The maximum atomic E-state index is 12.2. The molecule has 1 unspecified atom stereocenters. The van der Waals surface area contributed by atoms with Crippen LogP contribution in [0.5, 0.6) is 5.75 Å². The van der Waals surface area contributed by atoms with Gasteiger partial charge < -0.3 is 20.7 Å². The Morgan fingerprint density at radius 2 is 2.24 bits per heavy atom. The van der Waals surface area contributed by atoms with Crippen molar-refractivity contribution in [2.24, 2.45) is 11.8 Å². The highest BCUT2D eigenvalue weighted by Gasteiger charge is 2.29. The summed E-state index contributed by atoms with van der Waals surface area (Å²) in [6.45, 7) is 3.60. The monoisotopic (exact) mass is 309 g/mol. The molecule has 1 atom stereocenters. The van der Waals surface area contributed by atoms with Crippen molar-refractivity contribution in [3.63, 3.8) is 0 Å². The van der Waals surface area contributed by atoms with Crippen LogP contribution in [-0.2, 0) is 9.59 Å². The molecule has 1 aromatic rings. The molecule has 2 heterocycles. The topological polar surface area (TPSA) is 79.5 Å². The van der Waals surface area contributed by atoms with Crippen LogP contribution in [0.2, 0.25) is 5.02 Å². The lowest BCUT2D eigenvalue weighted by Crippen LogP contribution is -2.48. The Morgan fingerprint density at radius 1 is 1.48 bits per heavy atom. The van der Waals surface area contributed by atoms with Crippen molar-refractivity contribution in [1.29, 1.82) is 0 Å². The van der Waals surface area contributed by atoms with E-state index in [0.29, 0.717) is 28.1 Å². The number of halogens is 1. The summed E-state index contributed by atoms with van der Waals surface area (Å²) in [5.74, 6) is 0.493. The van der Waals surface area contributed by atoms with Crippen LogP contribution >= 0.6 is 11.6 Å². The maximum Gasteiger partial charge on any atom is 0.262 e. The Labute approximate surface area is 127 Å².